The van der Waals surface area contributed by atoms with Crippen molar-refractivity contribution in [1.29, 1.82) is 0 Å². The molecule has 8 heavy (non-hydrogen) atoms. The van der Waals surface area contributed by atoms with Crippen LogP contribution >= 0.6 is 0 Å². The Morgan fingerprint density at radius 1 is 1.62 bits per heavy atom. The second-order valence-corrected chi connectivity index (χ2v) is 1.90. The smallest absolute Gasteiger partial charge is 0.176 e. The SMILES string of the molecule is C[C@H]([NH3+])[C@H]([NH3+])C(=O)[O-]. The van der Waals surface area contributed by atoms with E-state index in [1.165, 1.54) is 0 Å². The van der Waals surface area contributed by atoms with E-state index in [-0.39, 0.29) is 6.04 Å². The summed E-state index contributed by atoms with van der Waals surface area (Å²) in [6.45, 7) is 1.69. The fourth-order valence-corrected chi connectivity index (χ4v) is 0.232. The molecule has 0 spiro atoms. The van der Waals surface area contributed by atoms with E-state index < -0.39 is 12.0 Å². The van der Waals surface area contributed by atoms with Crippen molar-refractivity contribution in [2.45, 2.75) is 19.0 Å². The molecule has 0 heterocycles. The van der Waals surface area contributed by atoms with Crippen LogP contribution in [0.1, 0.15) is 6.92 Å². The van der Waals surface area contributed by atoms with Gasteiger partial charge in [0.05, 0.1) is 0 Å². The van der Waals surface area contributed by atoms with Gasteiger partial charge < -0.3 is 21.4 Å². The number of quaternary nitrogens is 2. The van der Waals surface area contributed by atoms with Gasteiger partial charge >= 0.3 is 0 Å². The highest BCUT2D eigenvalue weighted by Gasteiger charge is 2.14. The molecule has 4 heteroatoms. The summed E-state index contributed by atoms with van der Waals surface area (Å²) >= 11 is 0. The average molecular weight is 119 g/mol. The first-order chi connectivity index (χ1) is 3.55. The lowest BCUT2D eigenvalue weighted by atomic mass is 10.2. The van der Waals surface area contributed by atoms with Crippen LogP contribution in [-0.4, -0.2) is 18.1 Å². The molecular weight excluding hydrogens is 108 g/mol. The summed E-state index contributed by atoms with van der Waals surface area (Å²) in [7, 11) is 0. The predicted molar refractivity (Wildman–Crippen MR) is 24.0 cm³/mol. The minimum absolute atomic E-state index is 0.181. The lowest BCUT2D eigenvalue weighted by Gasteiger charge is -2.08. The molecule has 4 nitrogen and oxygen atoms in total. The molecule has 0 fully saturated rings. The van der Waals surface area contributed by atoms with Gasteiger partial charge in [0.2, 0.25) is 0 Å². The molecule has 0 aliphatic rings. The molecule has 0 saturated heterocycles. The summed E-state index contributed by atoms with van der Waals surface area (Å²) in [5, 5.41) is 9.93. The van der Waals surface area contributed by atoms with E-state index in [9.17, 15) is 9.90 Å². The van der Waals surface area contributed by atoms with Crippen LogP contribution in [0.25, 0.3) is 0 Å². The highest BCUT2D eigenvalue weighted by molar-refractivity contribution is 5.69. The zero-order chi connectivity index (χ0) is 6.73. The van der Waals surface area contributed by atoms with Crippen LogP contribution in [0.4, 0.5) is 0 Å². The summed E-state index contributed by atoms with van der Waals surface area (Å²) in [4.78, 5) is 9.93. The van der Waals surface area contributed by atoms with Crippen LogP contribution in [0.15, 0.2) is 0 Å². The van der Waals surface area contributed by atoms with Crippen LogP contribution < -0.4 is 16.6 Å². The molecular formula is C4H11N2O2+. The molecule has 0 rings (SSSR count). The standard InChI is InChI=1S/C4H10N2O2/c1-2(5)3(6)4(7)8/h2-3H,5-6H2,1H3,(H,7,8)/p+1/t2-,3-/m0/s1. The lowest BCUT2D eigenvalue weighted by Crippen LogP contribution is -2.82. The Morgan fingerprint density at radius 3 is 2.00 bits per heavy atom. The van der Waals surface area contributed by atoms with Crippen molar-refractivity contribution in [3.63, 3.8) is 0 Å². The first-order valence-electron chi connectivity index (χ1n) is 2.42. The quantitative estimate of drug-likeness (QED) is 0.387. The minimum atomic E-state index is -1.13. The first-order valence-corrected chi connectivity index (χ1v) is 2.42. The van der Waals surface area contributed by atoms with E-state index in [0.29, 0.717) is 0 Å². The summed E-state index contributed by atoms with van der Waals surface area (Å²) in [5.41, 5.74) is 6.79. The van der Waals surface area contributed by atoms with Crippen molar-refractivity contribution in [3.8, 4) is 0 Å². The van der Waals surface area contributed by atoms with Crippen LogP contribution in [0.2, 0.25) is 0 Å². The maximum atomic E-state index is 9.93. The molecule has 0 aromatic rings. The van der Waals surface area contributed by atoms with Gasteiger partial charge in [-0.2, -0.15) is 0 Å². The molecule has 0 bridgehead atoms. The number of rotatable bonds is 2. The van der Waals surface area contributed by atoms with Crippen molar-refractivity contribution in [2.24, 2.45) is 0 Å². The second-order valence-electron chi connectivity index (χ2n) is 1.90. The van der Waals surface area contributed by atoms with Crippen LogP contribution in [-0.2, 0) is 4.79 Å². The third-order valence-electron chi connectivity index (χ3n) is 0.990. The highest BCUT2D eigenvalue weighted by atomic mass is 16.4. The summed E-state index contributed by atoms with van der Waals surface area (Å²) < 4.78 is 0. The summed E-state index contributed by atoms with van der Waals surface area (Å²) in [6.07, 6.45) is 0. The summed E-state index contributed by atoms with van der Waals surface area (Å²) in [6, 6.07) is -0.866. The maximum Gasteiger partial charge on any atom is 0.176 e. The van der Waals surface area contributed by atoms with Crippen molar-refractivity contribution >= 4 is 5.97 Å². The van der Waals surface area contributed by atoms with Gasteiger partial charge in [0, 0.05) is 0 Å². The monoisotopic (exact) mass is 119 g/mol. The predicted octanol–water partition coefficient (Wildman–Crippen LogP) is -4.02. The molecule has 0 aliphatic heterocycles. The Morgan fingerprint density at radius 2 is 2.00 bits per heavy atom. The number of carbonyl (C=O) groups excluding carboxylic acids is 1. The van der Waals surface area contributed by atoms with E-state index in [4.69, 9.17) is 0 Å². The number of carboxylic acid groups (broad SMARTS) is 1. The fraction of sp³-hybridized carbons (Fsp3) is 0.750. The Bertz CT molecular complexity index is 92.0. The maximum absolute atomic E-state index is 9.93. The Hall–Kier alpha value is -0.610. The Balaban J connectivity index is 3.64. The van der Waals surface area contributed by atoms with E-state index in [1.54, 1.807) is 6.92 Å². The summed E-state index contributed by atoms with van der Waals surface area (Å²) in [5.74, 6) is -1.13. The zero-order valence-corrected chi connectivity index (χ0v) is 4.89. The first kappa shape index (κ1) is 7.39. The fourth-order valence-electron chi connectivity index (χ4n) is 0.232. The van der Waals surface area contributed by atoms with Gasteiger partial charge in [-0.15, -0.1) is 0 Å². The average Bonchev–Trinajstić information content (AvgIpc) is 1.64. The molecule has 2 atom stereocenters. The van der Waals surface area contributed by atoms with Gasteiger partial charge in [-0.1, -0.05) is 0 Å². The number of hydrogen-bond acceptors (Lipinski definition) is 2. The second kappa shape index (κ2) is 2.64. The normalized spacial score (nSPS) is 17.4. The number of aliphatic carboxylic acids is 1. The zero-order valence-electron chi connectivity index (χ0n) is 4.89. The lowest BCUT2D eigenvalue weighted by molar-refractivity contribution is -0.525. The van der Waals surface area contributed by atoms with Crippen molar-refractivity contribution in [3.05, 3.63) is 0 Å². The molecule has 0 aromatic carbocycles. The van der Waals surface area contributed by atoms with Crippen molar-refractivity contribution < 1.29 is 21.4 Å². The molecule has 0 aromatic heterocycles. The van der Waals surface area contributed by atoms with Gasteiger partial charge in [0.15, 0.2) is 6.04 Å². The van der Waals surface area contributed by atoms with E-state index in [2.05, 4.69) is 11.5 Å². The Labute approximate surface area is 47.5 Å². The minimum Gasteiger partial charge on any atom is -0.544 e. The van der Waals surface area contributed by atoms with Crippen LogP contribution in [0, 0.1) is 0 Å². The van der Waals surface area contributed by atoms with Gasteiger partial charge in [0.1, 0.15) is 12.0 Å². The molecule has 48 valence electrons. The topological polar surface area (TPSA) is 95.4 Å². The number of carbonyl (C=O) groups is 1. The van der Waals surface area contributed by atoms with E-state index in [1.807, 2.05) is 0 Å². The Kier molecular flexibility index (Phi) is 2.44. The third kappa shape index (κ3) is 1.90. The van der Waals surface area contributed by atoms with Crippen molar-refractivity contribution in [2.75, 3.05) is 0 Å². The third-order valence-corrected chi connectivity index (χ3v) is 0.990. The molecule has 0 amide bonds. The molecule has 0 unspecified atom stereocenters. The van der Waals surface area contributed by atoms with Gasteiger partial charge in [0.25, 0.3) is 0 Å². The van der Waals surface area contributed by atoms with Gasteiger partial charge in [-0.05, 0) is 6.92 Å². The highest BCUT2D eigenvalue weighted by Crippen LogP contribution is 1.74. The molecule has 0 radical (unpaired) electrons. The number of carboxylic acids is 1. The van der Waals surface area contributed by atoms with E-state index >= 15 is 0 Å². The molecule has 0 aliphatic carbocycles. The van der Waals surface area contributed by atoms with Crippen LogP contribution in [0.5, 0.6) is 0 Å². The van der Waals surface area contributed by atoms with Gasteiger partial charge in [-0.3, -0.25) is 0 Å². The van der Waals surface area contributed by atoms with Gasteiger partial charge in [-0.25, -0.2) is 0 Å². The van der Waals surface area contributed by atoms with Crippen molar-refractivity contribution in [1.82, 2.24) is 0 Å². The number of hydrogen-bond donors (Lipinski definition) is 2. The van der Waals surface area contributed by atoms with E-state index in [0.717, 1.165) is 0 Å². The molecule has 6 N–H and O–H groups in total. The molecule has 0 saturated carbocycles. The largest absolute Gasteiger partial charge is 0.544 e. The van der Waals surface area contributed by atoms with Crippen LogP contribution in [0.3, 0.4) is 0 Å².